The number of imide groups is 1. The van der Waals surface area contributed by atoms with E-state index in [9.17, 15) is 28.4 Å². The van der Waals surface area contributed by atoms with Crippen LogP contribution in [-0.2, 0) is 9.53 Å². The number of benzene rings is 3. The van der Waals surface area contributed by atoms with Gasteiger partial charge in [0.05, 0.1) is 11.1 Å². The van der Waals surface area contributed by atoms with Crippen LogP contribution in [0.25, 0.3) is 0 Å². The third-order valence-corrected chi connectivity index (χ3v) is 5.42. The smallest absolute Gasteiger partial charge is 0.387 e. The zero-order valence-electron chi connectivity index (χ0n) is 17.4. The lowest BCUT2D eigenvalue weighted by Crippen LogP contribution is -2.34. The topological polar surface area (TPSA) is 105 Å². The summed E-state index contributed by atoms with van der Waals surface area (Å²) in [5.41, 5.74) is 0.663. The van der Waals surface area contributed by atoms with Crippen molar-refractivity contribution in [2.75, 3.05) is 6.61 Å². The molecule has 10 heteroatoms. The monoisotopic (exact) mass is 482 g/mol. The minimum atomic E-state index is -3.00. The lowest BCUT2D eigenvalue weighted by atomic mass is 10.2. The number of amides is 2. The molecule has 3 aromatic rings. The van der Waals surface area contributed by atoms with Gasteiger partial charge in [0.1, 0.15) is 11.8 Å². The van der Waals surface area contributed by atoms with Crippen LogP contribution in [0.3, 0.4) is 0 Å². The second kappa shape index (κ2) is 11.6. The number of esters is 1. The molecule has 0 unspecified atom stereocenters. The summed E-state index contributed by atoms with van der Waals surface area (Å²) in [6.45, 7) is -3.72. The van der Waals surface area contributed by atoms with E-state index in [-0.39, 0.29) is 16.9 Å². The van der Waals surface area contributed by atoms with Crippen LogP contribution in [0.4, 0.5) is 8.78 Å². The maximum Gasteiger partial charge on any atom is 0.387 e. The Bertz CT molecular complexity index is 1240. The molecule has 0 aliphatic carbocycles. The number of nitriles is 1. The zero-order valence-corrected chi connectivity index (χ0v) is 18.2. The van der Waals surface area contributed by atoms with Crippen LogP contribution in [0.1, 0.15) is 26.3 Å². The van der Waals surface area contributed by atoms with E-state index in [0.717, 1.165) is 12.1 Å². The van der Waals surface area contributed by atoms with E-state index in [1.54, 1.807) is 42.5 Å². The second-order valence-electron chi connectivity index (χ2n) is 6.56. The van der Waals surface area contributed by atoms with Crippen LogP contribution in [0.5, 0.6) is 5.75 Å². The van der Waals surface area contributed by atoms with Crippen molar-refractivity contribution in [1.29, 1.82) is 5.26 Å². The summed E-state index contributed by atoms with van der Waals surface area (Å²) in [6, 6.07) is 20.3. The van der Waals surface area contributed by atoms with Crippen molar-refractivity contribution >= 4 is 29.5 Å². The van der Waals surface area contributed by atoms with Gasteiger partial charge in [-0.2, -0.15) is 14.0 Å². The first-order valence-corrected chi connectivity index (χ1v) is 10.5. The van der Waals surface area contributed by atoms with E-state index in [4.69, 9.17) is 4.74 Å². The molecule has 3 rings (SSSR count). The van der Waals surface area contributed by atoms with E-state index >= 15 is 0 Å². The van der Waals surface area contributed by atoms with Gasteiger partial charge in [-0.15, -0.1) is 0 Å². The molecule has 0 saturated heterocycles. The van der Waals surface area contributed by atoms with Crippen molar-refractivity contribution in [2.45, 2.75) is 16.4 Å². The number of alkyl halides is 2. The second-order valence-corrected chi connectivity index (χ2v) is 7.65. The summed E-state index contributed by atoms with van der Waals surface area (Å²) in [5, 5.41) is 11.3. The number of nitrogens with one attached hydrogen (secondary N) is 1. The van der Waals surface area contributed by atoms with Gasteiger partial charge in [0.2, 0.25) is 0 Å². The Morgan fingerprint density at radius 3 is 2.26 bits per heavy atom. The van der Waals surface area contributed by atoms with Gasteiger partial charge in [-0.1, -0.05) is 36.0 Å². The molecular formula is C24H16F2N2O5S. The number of hydrogen-bond donors (Lipinski definition) is 1. The molecule has 0 aliphatic heterocycles. The number of carbonyl (C=O) groups is 3. The number of halogens is 2. The van der Waals surface area contributed by atoms with Gasteiger partial charge in [0.25, 0.3) is 11.8 Å². The lowest BCUT2D eigenvalue weighted by molar-refractivity contribution is -0.123. The van der Waals surface area contributed by atoms with Gasteiger partial charge in [0.15, 0.2) is 6.61 Å². The molecule has 0 saturated carbocycles. The molecule has 34 heavy (non-hydrogen) atoms. The summed E-state index contributed by atoms with van der Waals surface area (Å²) in [6.07, 6.45) is 0. The molecule has 2 amide bonds. The Morgan fingerprint density at radius 1 is 0.941 bits per heavy atom. The predicted octanol–water partition coefficient (Wildman–Crippen LogP) is 4.42. The average Bonchev–Trinajstić information content (AvgIpc) is 2.83. The molecule has 0 bridgehead atoms. The van der Waals surface area contributed by atoms with Crippen molar-refractivity contribution < 1.29 is 32.6 Å². The van der Waals surface area contributed by atoms with E-state index in [1.807, 2.05) is 5.32 Å². The van der Waals surface area contributed by atoms with Gasteiger partial charge in [0, 0.05) is 15.4 Å². The largest absolute Gasteiger partial charge is 0.452 e. The molecular weight excluding hydrogens is 466 g/mol. The molecule has 0 spiro atoms. The summed E-state index contributed by atoms with van der Waals surface area (Å²) >= 11 is 1.21. The summed E-state index contributed by atoms with van der Waals surface area (Å²) in [5.74, 6) is -2.59. The van der Waals surface area contributed by atoms with Crippen LogP contribution >= 0.6 is 11.8 Å². The van der Waals surface area contributed by atoms with E-state index in [2.05, 4.69) is 10.8 Å². The van der Waals surface area contributed by atoms with Gasteiger partial charge in [-0.25, -0.2) is 4.79 Å². The highest BCUT2D eigenvalue weighted by Gasteiger charge is 2.17. The normalized spacial score (nSPS) is 10.3. The van der Waals surface area contributed by atoms with E-state index < -0.39 is 31.0 Å². The molecule has 0 atom stereocenters. The van der Waals surface area contributed by atoms with E-state index in [0.29, 0.717) is 15.4 Å². The molecule has 0 heterocycles. The lowest BCUT2D eigenvalue weighted by Gasteiger charge is -2.10. The number of ether oxygens (including phenoxy) is 2. The van der Waals surface area contributed by atoms with Crippen molar-refractivity contribution in [2.24, 2.45) is 0 Å². The number of carbonyl (C=O) groups excluding carboxylic acids is 3. The highest BCUT2D eigenvalue weighted by atomic mass is 32.2. The highest BCUT2D eigenvalue weighted by Crippen LogP contribution is 2.32. The molecule has 7 nitrogen and oxygen atoms in total. The fraction of sp³-hybridized carbons (Fsp3) is 0.0833. The average molecular weight is 482 g/mol. The van der Waals surface area contributed by atoms with Crippen LogP contribution in [0.2, 0.25) is 0 Å². The molecule has 0 aliphatic rings. The van der Waals surface area contributed by atoms with Crippen LogP contribution in [0, 0.1) is 11.3 Å². The Hall–Kier alpha value is -4.23. The van der Waals surface area contributed by atoms with Crippen molar-refractivity contribution in [3.63, 3.8) is 0 Å². The SMILES string of the molecule is N#Cc1ccccc1Sc1ccccc1C(=O)OCC(=O)NC(=O)c1ccc(OC(F)F)cc1. The van der Waals surface area contributed by atoms with Crippen molar-refractivity contribution in [3.05, 3.63) is 89.5 Å². The summed E-state index contributed by atoms with van der Waals surface area (Å²) < 4.78 is 33.6. The quantitative estimate of drug-likeness (QED) is 0.474. The first kappa shape index (κ1) is 24.4. The number of rotatable bonds is 8. The van der Waals surface area contributed by atoms with Gasteiger partial charge < -0.3 is 9.47 Å². The van der Waals surface area contributed by atoms with Gasteiger partial charge in [-0.05, 0) is 48.5 Å². The highest BCUT2D eigenvalue weighted by molar-refractivity contribution is 7.99. The minimum absolute atomic E-state index is 0.0270. The van der Waals surface area contributed by atoms with E-state index in [1.165, 1.54) is 30.0 Å². The first-order chi connectivity index (χ1) is 16.4. The van der Waals surface area contributed by atoms with Crippen LogP contribution in [-0.4, -0.2) is 31.0 Å². The van der Waals surface area contributed by atoms with Gasteiger partial charge in [-0.3, -0.25) is 14.9 Å². The Balaban J connectivity index is 1.59. The zero-order chi connectivity index (χ0) is 24.5. The number of nitrogens with zero attached hydrogens (tertiary/aromatic N) is 1. The molecule has 0 fully saturated rings. The maximum absolute atomic E-state index is 12.6. The van der Waals surface area contributed by atoms with Crippen LogP contribution < -0.4 is 10.1 Å². The Kier molecular flexibility index (Phi) is 8.32. The van der Waals surface area contributed by atoms with Crippen molar-refractivity contribution in [1.82, 2.24) is 5.32 Å². The number of hydrogen-bond acceptors (Lipinski definition) is 7. The van der Waals surface area contributed by atoms with Crippen LogP contribution in [0.15, 0.2) is 82.6 Å². The Morgan fingerprint density at radius 2 is 1.59 bits per heavy atom. The third kappa shape index (κ3) is 6.63. The maximum atomic E-state index is 12.6. The third-order valence-electron chi connectivity index (χ3n) is 4.26. The molecule has 0 aromatic heterocycles. The molecule has 0 radical (unpaired) electrons. The fourth-order valence-electron chi connectivity index (χ4n) is 2.72. The predicted molar refractivity (Wildman–Crippen MR) is 118 cm³/mol. The standard InChI is InChI=1S/C24H16F2N2O5S/c25-24(26)33-17-11-9-15(10-12-17)22(30)28-21(29)14-32-23(31)18-6-2-4-8-20(18)34-19-7-3-1-5-16(19)13-27/h1-12,24H,14H2,(H,28,29,30). The molecule has 172 valence electrons. The summed E-state index contributed by atoms with van der Waals surface area (Å²) in [7, 11) is 0. The van der Waals surface area contributed by atoms with Crippen molar-refractivity contribution in [3.8, 4) is 11.8 Å². The minimum Gasteiger partial charge on any atom is -0.452 e. The molecule has 3 aromatic carbocycles. The Labute approximate surface area is 197 Å². The molecule has 1 N–H and O–H groups in total. The first-order valence-electron chi connectivity index (χ1n) is 9.69. The summed E-state index contributed by atoms with van der Waals surface area (Å²) in [4.78, 5) is 37.9. The van der Waals surface area contributed by atoms with Gasteiger partial charge >= 0.3 is 12.6 Å². The fourth-order valence-corrected chi connectivity index (χ4v) is 3.74.